The van der Waals surface area contributed by atoms with E-state index in [4.69, 9.17) is 0 Å². The lowest BCUT2D eigenvalue weighted by Gasteiger charge is -2.15. The standard InChI is InChI=1S/C17H19N5O2S/c1-13-8-10-15(11-9-13)25(23,24)21(3)19-14(2)12-22-17-7-5-4-6-16(17)18-20-22/h4-11H,12H2,1-3H3. The average Bonchev–Trinajstić information content (AvgIpc) is 2.98. The maximum Gasteiger partial charge on any atom is 0.278 e. The van der Waals surface area contributed by atoms with Crippen molar-refractivity contribution < 1.29 is 8.42 Å². The van der Waals surface area contributed by atoms with Crippen molar-refractivity contribution in [3.8, 4) is 0 Å². The zero-order chi connectivity index (χ0) is 18.0. The maximum atomic E-state index is 12.6. The first-order valence-corrected chi connectivity index (χ1v) is 9.20. The molecule has 0 saturated carbocycles. The molecule has 0 unspecified atom stereocenters. The van der Waals surface area contributed by atoms with Gasteiger partial charge in [-0.3, -0.25) is 0 Å². The zero-order valence-electron chi connectivity index (χ0n) is 14.3. The molecule has 7 nitrogen and oxygen atoms in total. The summed E-state index contributed by atoms with van der Waals surface area (Å²) in [6.45, 7) is 4.02. The molecule has 0 amide bonds. The fourth-order valence-electron chi connectivity index (χ4n) is 2.44. The molecule has 0 atom stereocenters. The van der Waals surface area contributed by atoms with E-state index >= 15 is 0 Å². The molecular formula is C17H19N5O2S. The lowest BCUT2D eigenvalue weighted by molar-refractivity contribution is 0.487. The summed E-state index contributed by atoms with van der Waals surface area (Å²) in [5.41, 5.74) is 3.27. The van der Waals surface area contributed by atoms with Crippen LogP contribution in [0.25, 0.3) is 11.0 Å². The molecule has 1 heterocycles. The van der Waals surface area contributed by atoms with E-state index in [1.54, 1.807) is 35.9 Å². The summed E-state index contributed by atoms with van der Waals surface area (Å²) >= 11 is 0. The summed E-state index contributed by atoms with van der Waals surface area (Å²) in [5.74, 6) is 0. The molecule has 0 saturated heterocycles. The van der Waals surface area contributed by atoms with E-state index in [1.807, 2.05) is 31.2 Å². The fourth-order valence-corrected chi connectivity index (χ4v) is 3.47. The third kappa shape index (κ3) is 3.53. The van der Waals surface area contributed by atoms with Gasteiger partial charge < -0.3 is 0 Å². The van der Waals surface area contributed by atoms with E-state index in [9.17, 15) is 8.42 Å². The van der Waals surface area contributed by atoms with Crippen molar-refractivity contribution >= 4 is 26.8 Å². The first kappa shape index (κ1) is 17.1. The van der Waals surface area contributed by atoms with Crippen LogP contribution in [-0.2, 0) is 16.6 Å². The van der Waals surface area contributed by atoms with Crippen molar-refractivity contribution in [3.63, 3.8) is 0 Å². The van der Waals surface area contributed by atoms with Gasteiger partial charge in [0, 0.05) is 7.05 Å². The van der Waals surface area contributed by atoms with Gasteiger partial charge in [-0.25, -0.2) is 4.68 Å². The number of fused-ring (bicyclic) bond motifs is 1. The number of sulfonamides is 1. The predicted molar refractivity (Wildman–Crippen MR) is 96.8 cm³/mol. The minimum absolute atomic E-state index is 0.211. The summed E-state index contributed by atoms with van der Waals surface area (Å²) < 4.78 is 27.8. The van der Waals surface area contributed by atoms with Gasteiger partial charge in [0.05, 0.1) is 22.7 Å². The highest BCUT2D eigenvalue weighted by Crippen LogP contribution is 2.16. The Balaban J connectivity index is 1.82. The maximum absolute atomic E-state index is 12.6. The first-order valence-electron chi connectivity index (χ1n) is 7.76. The van der Waals surface area contributed by atoms with E-state index in [0.717, 1.165) is 21.0 Å². The number of rotatable bonds is 5. The zero-order valence-corrected chi connectivity index (χ0v) is 15.1. The van der Waals surface area contributed by atoms with Gasteiger partial charge in [-0.1, -0.05) is 35.0 Å². The first-order chi connectivity index (χ1) is 11.9. The molecule has 2 aromatic carbocycles. The summed E-state index contributed by atoms with van der Waals surface area (Å²) in [6, 6.07) is 14.3. The van der Waals surface area contributed by atoms with Crippen LogP contribution in [0.15, 0.2) is 58.5 Å². The minimum atomic E-state index is -3.67. The van der Waals surface area contributed by atoms with E-state index in [0.29, 0.717) is 12.3 Å². The van der Waals surface area contributed by atoms with Crippen molar-refractivity contribution in [2.75, 3.05) is 7.05 Å². The normalized spacial score (nSPS) is 12.5. The molecule has 0 radical (unpaired) electrons. The molecule has 130 valence electrons. The molecule has 0 N–H and O–H groups in total. The number of hydrogen-bond acceptors (Lipinski definition) is 5. The predicted octanol–water partition coefficient (Wildman–Crippen LogP) is 2.44. The Hall–Kier alpha value is -2.74. The Bertz CT molecular complexity index is 1020. The molecule has 0 spiro atoms. The van der Waals surface area contributed by atoms with Crippen LogP contribution in [0, 0.1) is 6.92 Å². The van der Waals surface area contributed by atoms with Crippen LogP contribution >= 0.6 is 0 Å². The smallest absolute Gasteiger partial charge is 0.239 e. The van der Waals surface area contributed by atoms with Crippen LogP contribution in [-0.4, -0.2) is 40.6 Å². The Kier molecular flexibility index (Phi) is 4.54. The monoisotopic (exact) mass is 357 g/mol. The Morgan fingerprint density at radius 2 is 1.84 bits per heavy atom. The van der Waals surface area contributed by atoms with E-state index < -0.39 is 10.0 Å². The van der Waals surface area contributed by atoms with Crippen molar-refractivity contribution in [3.05, 3.63) is 54.1 Å². The summed E-state index contributed by atoms with van der Waals surface area (Å²) in [5, 5.41) is 12.4. The molecule has 0 aliphatic heterocycles. The number of para-hydroxylation sites is 1. The van der Waals surface area contributed by atoms with Gasteiger partial charge in [0.25, 0.3) is 10.0 Å². The molecule has 3 rings (SSSR count). The van der Waals surface area contributed by atoms with E-state index in [1.165, 1.54) is 7.05 Å². The molecule has 0 aliphatic rings. The van der Waals surface area contributed by atoms with Crippen molar-refractivity contribution in [2.24, 2.45) is 5.10 Å². The Labute approximate surface area is 146 Å². The number of hydrazone groups is 1. The third-order valence-corrected chi connectivity index (χ3v) is 5.42. The molecule has 1 aromatic heterocycles. The summed E-state index contributed by atoms with van der Waals surface area (Å²) in [4.78, 5) is 0.211. The van der Waals surface area contributed by atoms with Crippen LogP contribution in [0.5, 0.6) is 0 Å². The molecular weight excluding hydrogens is 338 g/mol. The van der Waals surface area contributed by atoms with Crippen molar-refractivity contribution in [1.82, 2.24) is 19.4 Å². The quantitative estimate of drug-likeness (QED) is 0.519. The summed E-state index contributed by atoms with van der Waals surface area (Å²) in [6.07, 6.45) is 0. The van der Waals surface area contributed by atoms with Crippen molar-refractivity contribution in [2.45, 2.75) is 25.3 Å². The number of aryl methyl sites for hydroxylation is 1. The van der Waals surface area contributed by atoms with Gasteiger partial charge in [0.2, 0.25) is 0 Å². The van der Waals surface area contributed by atoms with Crippen LogP contribution in [0.3, 0.4) is 0 Å². The van der Waals surface area contributed by atoms with Gasteiger partial charge in [-0.05, 0) is 38.1 Å². The van der Waals surface area contributed by atoms with E-state index in [2.05, 4.69) is 15.4 Å². The molecule has 8 heteroatoms. The van der Waals surface area contributed by atoms with E-state index in [-0.39, 0.29) is 4.90 Å². The van der Waals surface area contributed by atoms with Gasteiger partial charge in [-0.2, -0.15) is 17.9 Å². The molecule has 0 fully saturated rings. The summed E-state index contributed by atoms with van der Waals surface area (Å²) in [7, 11) is -2.24. The van der Waals surface area contributed by atoms with Crippen LogP contribution in [0.4, 0.5) is 0 Å². The van der Waals surface area contributed by atoms with Gasteiger partial charge >= 0.3 is 0 Å². The van der Waals surface area contributed by atoms with Crippen molar-refractivity contribution in [1.29, 1.82) is 0 Å². The number of hydrogen-bond donors (Lipinski definition) is 0. The second-order valence-corrected chi connectivity index (χ2v) is 7.77. The second-order valence-electron chi connectivity index (χ2n) is 5.82. The molecule has 0 bridgehead atoms. The fraction of sp³-hybridized carbons (Fsp3) is 0.235. The van der Waals surface area contributed by atoms with Crippen LogP contribution in [0.2, 0.25) is 0 Å². The lowest BCUT2D eigenvalue weighted by atomic mass is 10.2. The highest BCUT2D eigenvalue weighted by Gasteiger charge is 2.19. The van der Waals surface area contributed by atoms with Crippen LogP contribution < -0.4 is 0 Å². The molecule has 3 aromatic rings. The second kappa shape index (κ2) is 6.64. The topological polar surface area (TPSA) is 80.5 Å². The number of benzene rings is 2. The SMILES string of the molecule is CC(Cn1nnc2ccccc21)=NN(C)S(=O)(=O)c1ccc(C)cc1. The van der Waals surface area contributed by atoms with Gasteiger partial charge in [0.15, 0.2) is 0 Å². The molecule has 0 aliphatic carbocycles. The Morgan fingerprint density at radius 3 is 2.56 bits per heavy atom. The number of aromatic nitrogens is 3. The average molecular weight is 357 g/mol. The van der Waals surface area contributed by atoms with Gasteiger partial charge in [-0.15, -0.1) is 5.10 Å². The third-order valence-electron chi connectivity index (χ3n) is 3.78. The highest BCUT2D eigenvalue weighted by atomic mass is 32.2. The number of nitrogens with zero attached hydrogens (tertiary/aromatic N) is 5. The largest absolute Gasteiger partial charge is 0.278 e. The Morgan fingerprint density at radius 1 is 1.16 bits per heavy atom. The highest BCUT2D eigenvalue weighted by molar-refractivity contribution is 7.89. The van der Waals surface area contributed by atoms with Crippen LogP contribution in [0.1, 0.15) is 12.5 Å². The lowest BCUT2D eigenvalue weighted by Crippen LogP contribution is -2.24. The minimum Gasteiger partial charge on any atom is -0.239 e. The van der Waals surface area contributed by atoms with Gasteiger partial charge in [0.1, 0.15) is 5.52 Å². The molecule has 25 heavy (non-hydrogen) atoms.